The fourth-order valence-electron chi connectivity index (χ4n) is 23.5. The van der Waals surface area contributed by atoms with Gasteiger partial charge in [-0.05, 0) is 187 Å². The molecular weight excluding hydrogens is 705 g/mol. The van der Waals surface area contributed by atoms with Gasteiger partial charge in [-0.1, -0.05) is 77.0 Å². The van der Waals surface area contributed by atoms with Crippen molar-refractivity contribution in [3.05, 3.63) is 0 Å². The average Bonchev–Trinajstić information content (AvgIpc) is 4.11. The van der Waals surface area contributed by atoms with Gasteiger partial charge in [0.1, 0.15) is 0 Å². The zero-order chi connectivity index (χ0) is 37.4. The summed E-state index contributed by atoms with van der Waals surface area (Å²) in [6.07, 6.45) is 47.1. The van der Waals surface area contributed by atoms with Crippen molar-refractivity contribution in [2.75, 3.05) is 0 Å². The van der Waals surface area contributed by atoms with Gasteiger partial charge in [-0.2, -0.15) is 0 Å². The maximum Gasteiger partial charge on any atom is 0.0292 e. The van der Waals surface area contributed by atoms with Gasteiger partial charge < -0.3 is 0 Å². The largest absolute Gasteiger partial charge is 0.292 e. The Morgan fingerprint density at radius 1 is 0.190 bits per heavy atom. The first-order valence-electron chi connectivity index (χ1n) is 27.9. The molecule has 15 rings (SSSR count). The number of fused-ring (bicyclic) bond motifs is 20. The number of likely N-dealkylation sites (tertiary alicyclic amines) is 2. The molecule has 0 aromatic heterocycles. The van der Waals surface area contributed by atoms with Crippen LogP contribution in [-0.4, -0.2) is 92.1 Å². The topological polar surface area (TPSA) is 13.0 Å². The van der Waals surface area contributed by atoms with Crippen LogP contribution in [0.1, 0.15) is 193 Å². The summed E-state index contributed by atoms with van der Waals surface area (Å²) in [4.78, 5) is 14.1. The molecule has 0 spiro atoms. The van der Waals surface area contributed by atoms with Crippen molar-refractivity contribution in [1.29, 1.82) is 0 Å². The first-order valence-corrected chi connectivity index (χ1v) is 27.9. The van der Waals surface area contributed by atoms with E-state index in [2.05, 4.69) is 19.6 Å². The third-order valence-electron chi connectivity index (χ3n) is 24.5. The standard InChI is InChI=1S/C54H84N4/c1-3-13-31(14-4-1)55-45-23-9-7-17-33(45)39-25-27-41-35-19-11-21-37-43-30-48-44(29-47(43)57(49(35)37)53(41)51(39)55)38-22-12-20-36-42-28-26-40-34-18-8-10-24-46(34)56(32-15-5-2-6-16-32)52(40)54(42)58(48)50(36)38/h31-54H,1-30H2. The van der Waals surface area contributed by atoms with Crippen molar-refractivity contribution in [3.63, 3.8) is 0 Å². The van der Waals surface area contributed by atoms with E-state index in [1.807, 2.05) is 0 Å². The lowest BCUT2D eigenvalue weighted by Crippen LogP contribution is -2.61. The Kier molecular flexibility index (Phi) is 8.54. The molecule has 22 atom stereocenters. The van der Waals surface area contributed by atoms with Crippen LogP contribution < -0.4 is 0 Å². The molecule has 9 aliphatic carbocycles. The molecule has 0 aromatic carbocycles. The molecule has 9 saturated carbocycles. The second kappa shape index (κ2) is 13.7. The van der Waals surface area contributed by atoms with Gasteiger partial charge in [-0.25, -0.2) is 0 Å². The van der Waals surface area contributed by atoms with Crippen molar-refractivity contribution in [1.82, 2.24) is 19.6 Å². The van der Waals surface area contributed by atoms with Crippen LogP contribution in [0.5, 0.6) is 0 Å². The summed E-state index contributed by atoms with van der Waals surface area (Å²) in [5.74, 6) is 12.5. The van der Waals surface area contributed by atoms with Crippen LogP contribution >= 0.6 is 0 Å². The van der Waals surface area contributed by atoms with E-state index in [0.717, 1.165) is 144 Å². The van der Waals surface area contributed by atoms with E-state index in [1.54, 1.807) is 141 Å². The number of hydrogen-bond donors (Lipinski definition) is 0. The molecular formula is C54H84N4. The summed E-state index contributed by atoms with van der Waals surface area (Å²) in [7, 11) is 0. The minimum absolute atomic E-state index is 0.931. The molecule has 6 saturated heterocycles. The number of nitrogens with zero attached hydrogens (tertiary/aromatic N) is 4. The van der Waals surface area contributed by atoms with E-state index < -0.39 is 0 Å². The number of hydrogen-bond acceptors (Lipinski definition) is 4. The lowest BCUT2D eigenvalue weighted by atomic mass is 9.59. The Balaban J connectivity index is 0.796. The minimum Gasteiger partial charge on any atom is -0.292 e. The predicted molar refractivity (Wildman–Crippen MR) is 233 cm³/mol. The Bertz CT molecular complexity index is 1450. The van der Waals surface area contributed by atoms with E-state index in [4.69, 9.17) is 0 Å². The lowest BCUT2D eigenvalue weighted by molar-refractivity contribution is -0.0354. The molecule has 6 aliphatic heterocycles. The van der Waals surface area contributed by atoms with Crippen LogP contribution in [0, 0.1) is 71.0 Å². The van der Waals surface area contributed by atoms with Crippen molar-refractivity contribution in [2.24, 2.45) is 71.0 Å². The summed E-state index contributed by atoms with van der Waals surface area (Å²) < 4.78 is 0. The van der Waals surface area contributed by atoms with Gasteiger partial charge in [0.15, 0.2) is 0 Å². The first-order chi connectivity index (χ1) is 28.8. The van der Waals surface area contributed by atoms with Gasteiger partial charge in [0, 0.05) is 72.5 Å². The molecule has 15 aliphatic rings. The van der Waals surface area contributed by atoms with E-state index in [-0.39, 0.29) is 0 Å². The van der Waals surface area contributed by atoms with Crippen molar-refractivity contribution in [3.8, 4) is 0 Å². The molecule has 6 heterocycles. The van der Waals surface area contributed by atoms with Gasteiger partial charge >= 0.3 is 0 Å². The van der Waals surface area contributed by atoms with Crippen LogP contribution in [0.3, 0.4) is 0 Å². The molecule has 0 N–H and O–H groups in total. The van der Waals surface area contributed by atoms with Gasteiger partial charge in [0.2, 0.25) is 0 Å². The van der Waals surface area contributed by atoms with Crippen molar-refractivity contribution >= 4 is 0 Å². The first kappa shape index (κ1) is 36.2. The van der Waals surface area contributed by atoms with Crippen LogP contribution in [0.4, 0.5) is 0 Å². The summed E-state index contributed by atoms with van der Waals surface area (Å²) in [6, 6.07) is 11.4. The summed E-state index contributed by atoms with van der Waals surface area (Å²) in [6.45, 7) is 0. The fourth-order valence-corrected chi connectivity index (χ4v) is 23.5. The zero-order valence-corrected chi connectivity index (χ0v) is 36.9. The normalized spacial score (nSPS) is 59.0. The SMILES string of the molecule is C1CCC(N2C3CCCCC3C3CCC4C5CCCC6C7CC8C(CC7N(C65)C4C32)C2CCCC3C4CCC5C6CCCCC6N(C6CCCCC6)C5C4N8C23)CC1. The molecule has 0 aromatic rings. The second-order valence-corrected chi connectivity index (χ2v) is 25.6. The zero-order valence-electron chi connectivity index (χ0n) is 36.9. The van der Waals surface area contributed by atoms with Crippen LogP contribution in [0.15, 0.2) is 0 Å². The van der Waals surface area contributed by atoms with E-state index >= 15 is 0 Å². The highest BCUT2D eigenvalue weighted by Gasteiger charge is 2.73. The molecule has 0 bridgehead atoms. The second-order valence-electron chi connectivity index (χ2n) is 25.6. The maximum absolute atomic E-state index is 3.58. The van der Waals surface area contributed by atoms with Crippen LogP contribution in [0.25, 0.3) is 0 Å². The van der Waals surface area contributed by atoms with E-state index in [9.17, 15) is 0 Å². The minimum atomic E-state index is 0.931. The quantitative estimate of drug-likeness (QED) is 0.276. The van der Waals surface area contributed by atoms with E-state index in [1.165, 1.54) is 51.4 Å². The fraction of sp³-hybridized carbons (Fsp3) is 1.00. The van der Waals surface area contributed by atoms with Gasteiger partial charge in [0.25, 0.3) is 0 Å². The Labute approximate surface area is 354 Å². The number of rotatable bonds is 2. The Morgan fingerprint density at radius 2 is 0.500 bits per heavy atom. The van der Waals surface area contributed by atoms with E-state index in [0.29, 0.717) is 0 Å². The summed E-state index contributed by atoms with van der Waals surface area (Å²) >= 11 is 0. The molecule has 15 fully saturated rings. The van der Waals surface area contributed by atoms with Crippen LogP contribution in [-0.2, 0) is 0 Å². The van der Waals surface area contributed by atoms with Crippen molar-refractivity contribution in [2.45, 2.75) is 265 Å². The summed E-state index contributed by atoms with van der Waals surface area (Å²) in [5.41, 5.74) is 0. The highest BCUT2D eigenvalue weighted by Crippen LogP contribution is 2.69. The molecule has 320 valence electrons. The maximum atomic E-state index is 3.58. The Hall–Kier alpha value is -0.160. The molecule has 0 radical (unpaired) electrons. The smallest absolute Gasteiger partial charge is 0.0292 e. The molecule has 4 nitrogen and oxygen atoms in total. The summed E-state index contributed by atoms with van der Waals surface area (Å²) in [5, 5.41) is 0. The van der Waals surface area contributed by atoms with Gasteiger partial charge in [-0.15, -0.1) is 0 Å². The molecule has 4 heteroatoms. The molecule has 58 heavy (non-hydrogen) atoms. The highest BCUT2D eigenvalue weighted by molar-refractivity contribution is 5.26. The van der Waals surface area contributed by atoms with Gasteiger partial charge in [0.05, 0.1) is 0 Å². The average molecular weight is 789 g/mol. The molecule has 0 amide bonds. The lowest BCUT2D eigenvalue weighted by Gasteiger charge is -2.53. The highest BCUT2D eigenvalue weighted by atomic mass is 15.4. The van der Waals surface area contributed by atoms with Crippen LogP contribution in [0.2, 0.25) is 0 Å². The predicted octanol–water partition coefficient (Wildman–Crippen LogP) is 10.9. The third-order valence-corrected chi connectivity index (χ3v) is 24.5. The Morgan fingerprint density at radius 3 is 0.931 bits per heavy atom. The molecule has 22 unspecified atom stereocenters. The van der Waals surface area contributed by atoms with Gasteiger partial charge in [-0.3, -0.25) is 19.6 Å². The third kappa shape index (κ3) is 4.76. The van der Waals surface area contributed by atoms with Crippen molar-refractivity contribution < 1.29 is 0 Å². The monoisotopic (exact) mass is 789 g/mol.